The van der Waals surface area contributed by atoms with E-state index in [2.05, 4.69) is 53.4 Å². The van der Waals surface area contributed by atoms with Crippen LogP contribution >= 0.6 is 0 Å². The smallest absolute Gasteiger partial charge is 0.0443 e. The van der Waals surface area contributed by atoms with Gasteiger partial charge in [-0.25, -0.2) is 0 Å². The van der Waals surface area contributed by atoms with Crippen LogP contribution in [-0.2, 0) is 12.8 Å². The molecule has 0 bridgehead atoms. The molecule has 1 nitrogen and oxygen atoms in total. The van der Waals surface area contributed by atoms with E-state index in [4.69, 9.17) is 0 Å². The largest absolute Gasteiger partial charge is 0.341 e. The topological polar surface area (TPSA) is 3.24 Å². The van der Waals surface area contributed by atoms with Crippen LogP contribution in [0.25, 0.3) is 0 Å². The fourth-order valence-corrected chi connectivity index (χ4v) is 4.40. The standard InChI is InChI=1S/C22H27N/c1-2-8-18(9-3-1)16-17-23-21-12-6-4-10-19(21)14-15-20-11-5-7-13-22(20)23/h4-7,10-13,18H,1-3,8-9,14-17H2. The first-order valence-electron chi connectivity index (χ1n) is 9.35. The van der Waals surface area contributed by atoms with Gasteiger partial charge in [-0.05, 0) is 48.4 Å². The lowest BCUT2D eigenvalue weighted by atomic mass is 9.87. The lowest BCUT2D eigenvalue weighted by molar-refractivity contribution is 0.342. The summed E-state index contributed by atoms with van der Waals surface area (Å²) in [7, 11) is 0. The molecule has 1 aliphatic carbocycles. The summed E-state index contributed by atoms with van der Waals surface area (Å²) >= 11 is 0. The van der Waals surface area contributed by atoms with E-state index >= 15 is 0 Å². The van der Waals surface area contributed by atoms with Gasteiger partial charge in [-0.15, -0.1) is 0 Å². The molecule has 2 aromatic rings. The molecular formula is C22H27N. The number of rotatable bonds is 3. The highest BCUT2D eigenvalue weighted by Crippen LogP contribution is 2.37. The maximum atomic E-state index is 2.60. The molecule has 0 amide bonds. The van der Waals surface area contributed by atoms with Crippen LogP contribution in [0, 0.1) is 5.92 Å². The lowest BCUT2D eigenvalue weighted by Gasteiger charge is -2.30. The van der Waals surface area contributed by atoms with E-state index in [1.165, 1.54) is 67.6 Å². The molecule has 23 heavy (non-hydrogen) atoms. The second-order valence-corrected chi connectivity index (χ2v) is 7.20. The highest BCUT2D eigenvalue weighted by atomic mass is 15.1. The first kappa shape index (κ1) is 14.8. The average Bonchev–Trinajstić information content (AvgIpc) is 2.78. The van der Waals surface area contributed by atoms with E-state index in [1.807, 2.05) is 0 Å². The third-order valence-electron chi connectivity index (χ3n) is 5.71. The third kappa shape index (κ3) is 3.15. The van der Waals surface area contributed by atoms with Crippen LogP contribution in [-0.4, -0.2) is 6.54 Å². The fraction of sp³-hybridized carbons (Fsp3) is 0.455. The van der Waals surface area contributed by atoms with E-state index < -0.39 is 0 Å². The Kier molecular flexibility index (Phi) is 4.37. The van der Waals surface area contributed by atoms with Crippen LogP contribution in [0.15, 0.2) is 48.5 Å². The van der Waals surface area contributed by atoms with Crippen molar-refractivity contribution in [2.45, 2.75) is 51.4 Å². The van der Waals surface area contributed by atoms with Crippen molar-refractivity contribution in [2.24, 2.45) is 5.92 Å². The van der Waals surface area contributed by atoms with Gasteiger partial charge in [0.05, 0.1) is 0 Å². The summed E-state index contributed by atoms with van der Waals surface area (Å²) < 4.78 is 0. The Morgan fingerprint density at radius 3 is 1.91 bits per heavy atom. The van der Waals surface area contributed by atoms with Crippen molar-refractivity contribution in [3.05, 3.63) is 59.7 Å². The molecule has 1 aliphatic heterocycles. The number of aryl methyl sites for hydroxylation is 2. The summed E-state index contributed by atoms with van der Waals surface area (Å²) in [4.78, 5) is 2.60. The van der Waals surface area contributed by atoms with E-state index in [0.717, 1.165) is 18.8 Å². The molecule has 0 radical (unpaired) electrons. The molecule has 0 unspecified atom stereocenters. The lowest BCUT2D eigenvalue weighted by Crippen LogP contribution is -2.22. The molecule has 1 fully saturated rings. The van der Waals surface area contributed by atoms with Crippen LogP contribution < -0.4 is 4.90 Å². The van der Waals surface area contributed by atoms with Crippen molar-refractivity contribution < 1.29 is 0 Å². The van der Waals surface area contributed by atoms with E-state index in [1.54, 1.807) is 0 Å². The highest BCUT2D eigenvalue weighted by Gasteiger charge is 2.21. The Morgan fingerprint density at radius 1 is 0.739 bits per heavy atom. The van der Waals surface area contributed by atoms with Gasteiger partial charge in [-0.2, -0.15) is 0 Å². The van der Waals surface area contributed by atoms with Crippen LogP contribution in [0.1, 0.15) is 49.7 Å². The van der Waals surface area contributed by atoms with Crippen LogP contribution in [0.2, 0.25) is 0 Å². The quantitative estimate of drug-likeness (QED) is 0.683. The zero-order valence-electron chi connectivity index (χ0n) is 14.0. The van der Waals surface area contributed by atoms with Gasteiger partial charge in [0.1, 0.15) is 0 Å². The number of nitrogens with zero attached hydrogens (tertiary/aromatic N) is 1. The summed E-state index contributed by atoms with van der Waals surface area (Å²) in [5.74, 6) is 0.936. The summed E-state index contributed by atoms with van der Waals surface area (Å²) in [6.07, 6.45) is 10.9. The molecular weight excluding hydrogens is 278 g/mol. The van der Waals surface area contributed by atoms with Gasteiger partial charge in [0.15, 0.2) is 0 Å². The predicted molar refractivity (Wildman–Crippen MR) is 98.5 cm³/mol. The fourth-order valence-electron chi connectivity index (χ4n) is 4.40. The summed E-state index contributed by atoms with van der Waals surface area (Å²) in [6.45, 7) is 1.17. The van der Waals surface area contributed by atoms with E-state index in [-0.39, 0.29) is 0 Å². The number of para-hydroxylation sites is 2. The monoisotopic (exact) mass is 305 g/mol. The molecule has 0 aromatic heterocycles. The van der Waals surface area contributed by atoms with Gasteiger partial charge in [-0.3, -0.25) is 0 Å². The van der Waals surface area contributed by atoms with E-state index in [9.17, 15) is 0 Å². The Labute approximate surface area is 140 Å². The minimum absolute atomic E-state index is 0.936. The Hall–Kier alpha value is -1.76. The molecule has 0 saturated heterocycles. The van der Waals surface area contributed by atoms with E-state index in [0.29, 0.717) is 0 Å². The van der Waals surface area contributed by atoms with Crippen molar-refractivity contribution in [1.82, 2.24) is 0 Å². The van der Waals surface area contributed by atoms with Gasteiger partial charge in [-0.1, -0.05) is 68.5 Å². The molecule has 1 heteroatoms. The second-order valence-electron chi connectivity index (χ2n) is 7.20. The molecule has 1 saturated carbocycles. The van der Waals surface area contributed by atoms with Crippen LogP contribution in [0.3, 0.4) is 0 Å². The molecule has 120 valence electrons. The van der Waals surface area contributed by atoms with Gasteiger partial charge in [0, 0.05) is 17.9 Å². The van der Waals surface area contributed by atoms with Crippen molar-refractivity contribution in [3.8, 4) is 0 Å². The summed E-state index contributed by atoms with van der Waals surface area (Å²) in [5, 5.41) is 0. The molecule has 0 N–H and O–H groups in total. The zero-order chi connectivity index (χ0) is 15.5. The van der Waals surface area contributed by atoms with Crippen molar-refractivity contribution in [1.29, 1.82) is 0 Å². The molecule has 2 aromatic carbocycles. The Morgan fingerprint density at radius 2 is 1.30 bits per heavy atom. The minimum Gasteiger partial charge on any atom is -0.341 e. The molecule has 1 heterocycles. The number of hydrogen-bond donors (Lipinski definition) is 0. The second kappa shape index (κ2) is 6.78. The first-order valence-corrected chi connectivity index (χ1v) is 9.35. The van der Waals surface area contributed by atoms with Crippen molar-refractivity contribution in [3.63, 3.8) is 0 Å². The van der Waals surface area contributed by atoms with Crippen molar-refractivity contribution in [2.75, 3.05) is 11.4 Å². The number of anilines is 2. The van der Waals surface area contributed by atoms with Crippen LogP contribution in [0.5, 0.6) is 0 Å². The molecule has 0 spiro atoms. The summed E-state index contributed by atoms with van der Waals surface area (Å²) in [6, 6.07) is 18.0. The molecule has 2 aliphatic rings. The highest BCUT2D eigenvalue weighted by molar-refractivity contribution is 5.71. The van der Waals surface area contributed by atoms with Gasteiger partial charge < -0.3 is 4.90 Å². The maximum Gasteiger partial charge on any atom is 0.0443 e. The molecule has 4 rings (SSSR count). The predicted octanol–water partition coefficient (Wildman–Crippen LogP) is 5.89. The maximum absolute atomic E-state index is 2.60. The van der Waals surface area contributed by atoms with Crippen molar-refractivity contribution >= 4 is 11.4 Å². The van der Waals surface area contributed by atoms with Crippen LogP contribution in [0.4, 0.5) is 11.4 Å². The third-order valence-corrected chi connectivity index (χ3v) is 5.71. The van der Waals surface area contributed by atoms with Gasteiger partial charge in [0.25, 0.3) is 0 Å². The Bertz CT molecular complexity index is 607. The average molecular weight is 305 g/mol. The zero-order valence-corrected chi connectivity index (χ0v) is 14.0. The SMILES string of the molecule is c1ccc2c(c1)CCc1ccccc1N2CCC1CCCCC1. The first-order chi connectivity index (χ1) is 11.4. The number of hydrogen-bond acceptors (Lipinski definition) is 1. The Balaban J connectivity index is 1.63. The minimum atomic E-state index is 0.936. The normalized spacial score (nSPS) is 18.2. The number of benzene rings is 2. The van der Waals surface area contributed by atoms with Gasteiger partial charge in [0.2, 0.25) is 0 Å². The summed E-state index contributed by atoms with van der Waals surface area (Å²) in [5.41, 5.74) is 5.89. The molecule has 0 atom stereocenters. The van der Waals surface area contributed by atoms with Gasteiger partial charge >= 0.3 is 0 Å². The number of fused-ring (bicyclic) bond motifs is 2.